The minimum Gasteiger partial charge on any atom is -0.466 e. The van der Waals surface area contributed by atoms with Gasteiger partial charge in [0.2, 0.25) is 0 Å². The second-order valence-corrected chi connectivity index (χ2v) is 24.7. The third kappa shape index (κ3) is 9.16. The molecule has 3 aromatic rings. The summed E-state index contributed by atoms with van der Waals surface area (Å²) >= 11 is 0. The van der Waals surface area contributed by atoms with Crippen LogP contribution in [0.25, 0.3) is 0 Å². The molecule has 7 rings (SSSR count). The number of Topliss-reactive ketones (excluding diaryl/α,β-unsaturated/α-hetero) is 3. The van der Waals surface area contributed by atoms with Crippen molar-refractivity contribution in [1.82, 2.24) is 0 Å². The third-order valence-electron chi connectivity index (χ3n) is 15.0. The van der Waals surface area contributed by atoms with Crippen LogP contribution in [0.15, 0.2) is 106 Å². The van der Waals surface area contributed by atoms with Crippen molar-refractivity contribution in [2.75, 3.05) is 6.61 Å². The molecule has 0 bridgehead atoms. The predicted octanol–water partition coefficient (Wildman–Crippen LogP) is 8.91. The van der Waals surface area contributed by atoms with Crippen LogP contribution in [0.2, 0.25) is 0 Å². The van der Waals surface area contributed by atoms with Crippen LogP contribution in [0.4, 0.5) is 8.78 Å². The minimum absolute atomic E-state index is 0.0340. The van der Waals surface area contributed by atoms with Crippen molar-refractivity contribution in [3.63, 3.8) is 0 Å². The number of benzene rings is 3. The number of ether oxygens (including phenoxy) is 2. The number of ketones is 3. The van der Waals surface area contributed by atoms with Crippen LogP contribution >= 0.6 is 10.3 Å². The fraction of sp³-hybridized carbons (Fsp3) is 0.521. The van der Waals surface area contributed by atoms with Crippen LogP contribution in [0.3, 0.4) is 0 Å². The zero-order valence-electron chi connectivity index (χ0n) is 37.0. The highest BCUT2D eigenvalue weighted by Gasteiger charge is 2.67. The van der Waals surface area contributed by atoms with Crippen molar-refractivity contribution >= 4 is 59.8 Å². The molecule has 66 heavy (non-hydrogen) atoms. The maximum atomic E-state index is 16.2. The van der Waals surface area contributed by atoms with Gasteiger partial charge >= 0.3 is 42.9 Å². The van der Waals surface area contributed by atoms with E-state index in [0.29, 0.717) is 51.4 Å². The predicted molar refractivity (Wildman–Crippen MR) is 238 cm³/mol. The smallest absolute Gasteiger partial charge is 0.423 e. The molecule has 3 aromatic carbocycles. The molecule has 0 heterocycles. The number of rotatable bonds is 17. The molecule has 1 N–H and O–H groups in total. The van der Waals surface area contributed by atoms with Crippen molar-refractivity contribution in [2.24, 2.45) is 46.3 Å². The van der Waals surface area contributed by atoms with Gasteiger partial charge in [0.05, 0.1) is 6.61 Å². The zero-order valence-corrected chi connectivity index (χ0v) is 39.5. The summed E-state index contributed by atoms with van der Waals surface area (Å²) in [4.78, 5) is 66.3. The minimum atomic E-state index is -6.40. The molecule has 18 heteroatoms. The lowest BCUT2D eigenvalue weighted by Crippen LogP contribution is -2.60. The number of esters is 2. The van der Waals surface area contributed by atoms with Gasteiger partial charge in [0, 0.05) is 64.5 Å². The Morgan fingerprint density at radius 1 is 0.788 bits per heavy atom. The van der Waals surface area contributed by atoms with E-state index in [2.05, 4.69) is 11.7 Å². The number of alkyl halides is 2. The molecule has 13 nitrogen and oxygen atoms in total. The first-order valence-corrected chi connectivity index (χ1v) is 26.8. The molecule has 0 saturated heterocycles. The monoisotopic (exact) mass is 974 g/mol. The molecule has 4 aliphatic rings. The van der Waals surface area contributed by atoms with Crippen LogP contribution in [0.1, 0.15) is 91.4 Å². The Labute approximate surface area is 386 Å². The summed E-state index contributed by atoms with van der Waals surface area (Å²) in [7, 11) is -16.1. The number of fused-ring (bicyclic) bond motifs is 5. The van der Waals surface area contributed by atoms with Crippen molar-refractivity contribution in [2.45, 2.75) is 117 Å². The molecule has 9 atom stereocenters. The van der Waals surface area contributed by atoms with Crippen LogP contribution in [-0.2, 0) is 57.3 Å². The highest BCUT2D eigenvalue weighted by atomic mass is 32.3. The summed E-state index contributed by atoms with van der Waals surface area (Å²) in [6, 6.07) is 22.8. The highest BCUT2D eigenvalue weighted by Crippen LogP contribution is 2.71. The molecule has 0 aromatic heterocycles. The molecule has 0 aliphatic heterocycles. The van der Waals surface area contributed by atoms with Gasteiger partial charge in [-0.2, -0.15) is 25.6 Å². The molecule has 0 amide bonds. The van der Waals surface area contributed by atoms with E-state index in [1.165, 1.54) is 72.8 Å². The topological polar surface area (TPSA) is 202 Å². The highest BCUT2D eigenvalue weighted by molar-refractivity contribution is 8.33. The van der Waals surface area contributed by atoms with Crippen molar-refractivity contribution in [1.29, 1.82) is 0 Å². The van der Waals surface area contributed by atoms with Gasteiger partial charge in [-0.3, -0.25) is 28.5 Å². The van der Waals surface area contributed by atoms with Crippen LogP contribution in [0.5, 0.6) is 0 Å². The molecule has 4 saturated carbocycles. The van der Waals surface area contributed by atoms with E-state index >= 15 is 8.78 Å². The van der Waals surface area contributed by atoms with E-state index in [4.69, 9.17) is 8.37 Å². The number of carbonyl (C=O) groups excluding carboxylic acids is 5. The van der Waals surface area contributed by atoms with Gasteiger partial charge in [-0.25, -0.2) is 3.63 Å². The molecule has 0 spiro atoms. The second-order valence-electron chi connectivity index (χ2n) is 18.7. The summed E-state index contributed by atoms with van der Waals surface area (Å²) in [5, 5.41) is -5.56. The van der Waals surface area contributed by atoms with Crippen molar-refractivity contribution in [3.05, 3.63) is 91.0 Å². The zero-order chi connectivity index (χ0) is 47.9. The first kappa shape index (κ1) is 49.5. The van der Waals surface area contributed by atoms with Gasteiger partial charge in [0.1, 0.15) is 17.3 Å². The van der Waals surface area contributed by atoms with Gasteiger partial charge in [-0.05, 0) is 114 Å². The van der Waals surface area contributed by atoms with Crippen molar-refractivity contribution in [3.8, 4) is 0 Å². The number of halogens is 2. The summed E-state index contributed by atoms with van der Waals surface area (Å²) in [5.41, 5.74) is -4.92. The summed E-state index contributed by atoms with van der Waals surface area (Å²) in [6.45, 7) is 5.67. The van der Waals surface area contributed by atoms with Gasteiger partial charge in [0.15, 0.2) is 0 Å². The molecular formula is C48H56F2O13S3. The average molecular weight is 975 g/mol. The lowest BCUT2D eigenvalue weighted by Gasteiger charge is -2.58. The molecular weight excluding hydrogens is 919 g/mol. The van der Waals surface area contributed by atoms with E-state index in [-0.39, 0.29) is 85.8 Å². The maximum Gasteiger partial charge on any atom is 0.423 e. The standard InChI is InChI=1S/C48H56F2O13S3/c1-31(37-22-23-38-44-39(30-41(53)47(37,38)3)46(2)26-25-33(51)28-32(46)29-40(44)52)21-24-42(54)61-27-13-20-43(55)62-45(65(56,57)58)48(49,50)66(59,60)63-64(34-14-7-4-8-15-34,35-16-9-5-10-17-35)36-18-11-6-12-19-36/h4-12,14-19,31-32,37-39,44-45H,13,20-30H2,1-3H3,(H,56,57,58). The Morgan fingerprint density at radius 3 is 1.89 bits per heavy atom. The van der Waals surface area contributed by atoms with Crippen LogP contribution < -0.4 is 0 Å². The van der Waals surface area contributed by atoms with Gasteiger partial charge < -0.3 is 9.47 Å². The lowest BCUT2D eigenvalue weighted by atomic mass is 9.44. The maximum absolute atomic E-state index is 16.2. The molecule has 4 aliphatic carbocycles. The van der Waals surface area contributed by atoms with Crippen LogP contribution in [0, 0.1) is 46.3 Å². The Bertz CT molecular complexity index is 2450. The largest absolute Gasteiger partial charge is 0.466 e. The second kappa shape index (κ2) is 19.0. The normalized spacial score (nSPS) is 28.0. The number of carbonyl (C=O) groups is 5. The first-order valence-electron chi connectivity index (χ1n) is 22.3. The Balaban J connectivity index is 0.954. The number of hydrogen-bond acceptors (Lipinski definition) is 12. The quantitative estimate of drug-likeness (QED) is 0.0764. The van der Waals surface area contributed by atoms with Gasteiger partial charge in [-0.1, -0.05) is 75.4 Å². The molecule has 0 radical (unpaired) electrons. The fourth-order valence-corrected chi connectivity index (χ4v) is 17.9. The van der Waals surface area contributed by atoms with Gasteiger partial charge in [0.25, 0.3) is 0 Å². The van der Waals surface area contributed by atoms with Gasteiger partial charge in [-0.15, -0.1) is 0 Å². The average Bonchev–Trinajstić information content (AvgIpc) is 3.65. The summed E-state index contributed by atoms with van der Waals surface area (Å²) < 4.78 is 110. The van der Waals surface area contributed by atoms with Crippen LogP contribution in [-0.4, -0.2) is 68.0 Å². The SMILES string of the molecule is CC(CCC(=O)OCCCC(=O)OC(C(F)(F)S(=O)(=O)OS(c1ccccc1)(c1ccccc1)c1ccccc1)S(=O)(=O)O)C1CCC2C3C(=O)CC4CC(=O)CCC4(C)C3CC(=O)C12C. The Kier molecular flexibility index (Phi) is 14.2. The van der Waals surface area contributed by atoms with E-state index in [0.717, 1.165) is 0 Å². The fourth-order valence-electron chi connectivity index (χ4n) is 11.6. The Hall–Kier alpha value is -4.36. The van der Waals surface area contributed by atoms with E-state index in [1.807, 2.05) is 13.8 Å². The van der Waals surface area contributed by atoms with E-state index < -0.39 is 71.6 Å². The first-order chi connectivity index (χ1) is 31.1. The number of hydrogen-bond donors (Lipinski definition) is 1. The van der Waals surface area contributed by atoms with Crippen molar-refractivity contribution < 1.29 is 67.2 Å². The van der Waals surface area contributed by atoms with E-state index in [1.54, 1.807) is 18.2 Å². The molecule has 358 valence electrons. The van der Waals surface area contributed by atoms with E-state index in [9.17, 15) is 45.4 Å². The summed E-state index contributed by atoms with van der Waals surface area (Å²) in [5.74, 6) is -2.50. The molecule has 4 fully saturated rings. The lowest BCUT2D eigenvalue weighted by molar-refractivity contribution is -0.166. The Morgan fingerprint density at radius 2 is 1.35 bits per heavy atom. The summed E-state index contributed by atoms with van der Waals surface area (Å²) in [6.07, 6.45) is 2.79. The third-order valence-corrected chi connectivity index (χ3v) is 21.3. The molecule has 9 unspecified atom stereocenters.